The Morgan fingerprint density at radius 3 is 1.69 bits per heavy atom. The molecule has 0 spiro atoms. The van der Waals surface area contributed by atoms with Crippen molar-refractivity contribution in [2.75, 3.05) is 0 Å². The predicted octanol–water partition coefficient (Wildman–Crippen LogP) is 8.32. The van der Waals surface area contributed by atoms with Crippen LogP contribution in [-0.2, 0) is 23.3 Å². The fourth-order valence-electron chi connectivity index (χ4n) is 3.36. The molecule has 174 valence electrons. The molecule has 0 amide bonds. The van der Waals surface area contributed by atoms with E-state index in [0.29, 0.717) is 11.8 Å². The molecule has 3 rings (SSSR count). The molecule has 3 heteroatoms. The van der Waals surface area contributed by atoms with Crippen molar-refractivity contribution in [1.82, 2.24) is 4.98 Å². The van der Waals surface area contributed by atoms with Gasteiger partial charge in [-0.25, -0.2) is 0 Å². The molecule has 1 aromatic heterocycles. The van der Waals surface area contributed by atoms with Crippen molar-refractivity contribution in [3.63, 3.8) is 0 Å². The summed E-state index contributed by atoms with van der Waals surface area (Å²) >= 11 is -0.918. The van der Waals surface area contributed by atoms with Gasteiger partial charge < -0.3 is 12.4 Å². The van der Waals surface area contributed by atoms with Gasteiger partial charge in [-0.15, -0.1) is 0 Å². The van der Waals surface area contributed by atoms with E-state index in [4.69, 9.17) is 3.50 Å². The average molecular weight is 600 g/mol. The molecule has 0 radical (unpaired) electrons. The maximum Gasteiger partial charge on any atom is -0.0607 e. The SMILES string of the molecule is CC(C)c1cccc(C(C)C)c1[N]=[W]=[CH]C(C)(C)c1ccccc1.Cc1ccc(C)[n-]1.[CH3-]. The summed E-state index contributed by atoms with van der Waals surface area (Å²) in [5, 5.41) is 0. The largest absolute Gasteiger partial charge is 0.665 e. The van der Waals surface area contributed by atoms with Crippen LogP contribution in [0, 0.1) is 21.3 Å². The minimum Gasteiger partial charge on any atom is -0.665 e. The van der Waals surface area contributed by atoms with E-state index in [-0.39, 0.29) is 12.8 Å². The van der Waals surface area contributed by atoms with Gasteiger partial charge in [-0.3, -0.25) is 0 Å². The molecule has 2 aromatic carbocycles. The van der Waals surface area contributed by atoms with E-state index in [9.17, 15) is 0 Å². The maximum atomic E-state index is 5.17. The van der Waals surface area contributed by atoms with Crippen molar-refractivity contribution in [3.8, 4) is 0 Å². The van der Waals surface area contributed by atoms with Gasteiger partial charge in [0, 0.05) is 0 Å². The number of hydrogen-bond donors (Lipinski definition) is 0. The second-order valence-corrected chi connectivity index (χ2v) is 11.5. The molecule has 32 heavy (non-hydrogen) atoms. The van der Waals surface area contributed by atoms with Gasteiger partial charge in [0.1, 0.15) is 0 Å². The van der Waals surface area contributed by atoms with Crippen molar-refractivity contribution in [3.05, 3.63) is 96.2 Å². The van der Waals surface area contributed by atoms with Crippen LogP contribution in [0.15, 0.2) is 64.2 Å². The van der Waals surface area contributed by atoms with Crippen molar-refractivity contribution in [2.45, 2.75) is 72.6 Å². The minimum absolute atomic E-state index is 0. The Morgan fingerprint density at radius 2 is 1.28 bits per heavy atom. The number of aryl methyl sites for hydroxylation is 2. The van der Waals surface area contributed by atoms with Gasteiger partial charge in [-0.2, -0.15) is 11.4 Å². The second kappa shape index (κ2) is 12.9. The molecule has 2 nitrogen and oxygen atoms in total. The van der Waals surface area contributed by atoms with E-state index in [1.165, 1.54) is 22.4 Å². The topological polar surface area (TPSA) is 26.5 Å². The zero-order valence-corrected chi connectivity index (χ0v) is 24.2. The van der Waals surface area contributed by atoms with Crippen LogP contribution in [0.4, 0.5) is 5.69 Å². The van der Waals surface area contributed by atoms with Crippen LogP contribution in [0.1, 0.15) is 81.5 Å². The Balaban J connectivity index is 0.000000545. The Morgan fingerprint density at radius 1 is 0.781 bits per heavy atom. The summed E-state index contributed by atoms with van der Waals surface area (Å²) in [7, 11) is 0. The monoisotopic (exact) mass is 600 g/mol. The summed E-state index contributed by atoms with van der Waals surface area (Å²) < 4.78 is 7.66. The predicted molar refractivity (Wildman–Crippen MR) is 138 cm³/mol. The molecular formula is C29H40N2W-2. The molecule has 3 aromatic rings. The third kappa shape index (κ3) is 8.21. The maximum absolute atomic E-state index is 5.17. The number of hydrogen-bond acceptors (Lipinski definition) is 1. The van der Waals surface area contributed by atoms with Crippen molar-refractivity contribution in [1.29, 1.82) is 0 Å². The zero-order valence-electron chi connectivity index (χ0n) is 21.3. The van der Waals surface area contributed by atoms with Gasteiger partial charge in [-0.05, 0) is 0 Å². The molecule has 0 bridgehead atoms. The zero-order chi connectivity index (χ0) is 23.0. The molecule has 0 aliphatic carbocycles. The van der Waals surface area contributed by atoms with E-state index in [1.54, 1.807) is 0 Å². The first-order valence-corrected chi connectivity index (χ1v) is 14.1. The smallest absolute Gasteiger partial charge is 0.0607 e. The second-order valence-electron chi connectivity index (χ2n) is 9.22. The number of nitrogens with zero attached hydrogens (tertiary/aromatic N) is 2. The normalized spacial score (nSPS) is 10.8. The third-order valence-electron chi connectivity index (χ3n) is 5.27. The molecule has 0 aliphatic rings. The molecule has 0 atom stereocenters. The Labute approximate surface area is 204 Å². The first kappa shape index (κ1) is 28.1. The van der Waals surface area contributed by atoms with Crippen LogP contribution >= 0.6 is 0 Å². The van der Waals surface area contributed by atoms with Gasteiger partial charge in [0.15, 0.2) is 0 Å². The average Bonchev–Trinajstić information content (AvgIpc) is 3.11. The molecule has 0 fully saturated rings. The number of benzene rings is 2. The summed E-state index contributed by atoms with van der Waals surface area (Å²) in [5.41, 5.74) is 7.75. The summed E-state index contributed by atoms with van der Waals surface area (Å²) in [6.45, 7) is 17.6. The van der Waals surface area contributed by atoms with Gasteiger partial charge in [-0.1, -0.05) is 26.0 Å². The van der Waals surface area contributed by atoms with E-state index in [2.05, 4.69) is 99.5 Å². The van der Waals surface area contributed by atoms with Crippen LogP contribution in [0.25, 0.3) is 0 Å². The van der Waals surface area contributed by atoms with Crippen molar-refractivity contribution in [2.24, 2.45) is 3.50 Å². The van der Waals surface area contributed by atoms with Crippen LogP contribution < -0.4 is 4.98 Å². The van der Waals surface area contributed by atoms with E-state index in [0.717, 1.165) is 11.4 Å². The van der Waals surface area contributed by atoms with Crippen LogP contribution in [0.3, 0.4) is 0 Å². The summed E-state index contributed by atoms with van der Waals surface area (Å²) in [6.07, 6.45) is 0. The minimum atomic E-state index is -0.918. The quantitative estimate of drug-likeness (QED) is 0.271. The Bertz CT molecular complexity index is 978. The third-order valence-corrected chi connectivity index (χ3v) is 8.80. The van der Waals surface area contributed by atoms with Crippen molar-refractivity contribution < 1.29 is 17.9 Å². The van der Waals surface area contributed by atoms with Gasteiger partial charge >= 0.3 is 156 Å². The molecule has 0 saturated heterocycles. The Kier molecular flexibility index (Phi) is 11.4. The standard InChI is InChI=1S/C12H17N.C10H12.C6H8N.CH3.W/c1-8(2)10-6-5-7-11(9(3)4)12(10)13;1-10(2,3)9-7-5-4-6-8-9;1-5-3-4-6(2)7-5;;/h5-9H,1-4H3;1,4-8H,2-3H3;3-4H,1-2H3;1H3;/q;;2*-1;. The number of aromatic nitrogens is 1. The van der Waals surface area contributed by atoms with Crippen molar-refractivity contribution >= 4 is 10.1 Å². The van der Waals surface area contributed by atoms with E-state index < -0.39 is 17.9 Å². The number of rotatable bonds is 5. The van der Waals surface area contributed by atoms with Crippen LogP contribution in [0.2, 0.25) is 0 Å². The Hall–Kier alpha value is -1.92. The van der Waals surface area contributed by atoms with Gasteiger partial charge in [0.05, 0.1) is 0 Å². The van der Waals surface area contributed by atoms with E-state index in [1.807, 2.05) is 26.0 Å². The van der Waals surface area contributed by atoms with Crippen LogP contribution in [0.5, 0.6) is 0 Å². The summed E-state index contributed by atoms with van der Waals surface area (Å²) in [6, 6.07) is 21.5. The molecule has 0 saturated carbocycles. The molecule has 0 aliphatic heterocycles. The first-order valence-electron chi connectivity index (χ1n) is 11.1. The fraction of sp³-hybridized carbons (Fsp3) is 0.379. The summed E-state index contributed by atoms with van der Waals surface area (Å²) in [5.74, 6) is 1.03. The first-order chi connectivity index (χ1) is 14.6. The molecule has 0 N–H and O–H groups in total. The molecule has 0 unspecified atom stereocenters. The van der Waals surface area contributed by atoms with Gasteiger partial charge in [0.25, 0.3) is 0 Å². The molecular weight excluding hydrogens is 560 g/mol. The fourth-order valence-corrected chi connectivity index (χ4v) is 6.12. The summed E-state index contributed by atoms with van der Waals surface area (Å²) in [4.78, 5) is 4.11. The van der Waals surface area contributed by atoms with Gasteiger partial charge in [0.2, 0.25) is 0 Å². The van der Waals surface area contributed by atoms with Crippen LogP contribution in [-0.4, -0.2) is 4.40 Å². The van der Waals surface area contributed by atoms with E-state index >= 15 is 0 Å². The molecule has 1 heterocycles.